The third-order valence-electron chi connectivity index (χ3n) is 1.20. The Morgan fingerprint density at radius 3 is 2.89 bits per heavy atom. The topological polar surface area (TPSA) is 41.1 Å². The summed E-state index contributed by atoms with van der Waals surface area (Å²) in [4.78, 5) is 10.7. The fourth-order valence-electron chi connectivity index (χ4n) is 0.882. The van der Waals surface area contributed by atoms with Gasteiger partial charge in [-0.15, -0.1) is 0 Å². The van der Waals surface area contributed by atoms with Crippen LogP contribution in [0.4, 0.5) is 0 Å². The molecular weight excluding hydrogens is 116 g/mol. The van der Waals surface area contributed by atoms with Crippen molar-refractivity contribution in [2.24, 2.45) is 0 Å². The molecule has 1 amide bonds. The molecule has 0 radical (unpaired) electrons. The van der Waals surface area contributed by atoms with Gasteiger partial charge in [0.15, 0.2) is 0 Å². The molecule has 0 saturated carbocycles. The van der Waals surface area contributed by atoms with Crippen LogP contribution in [0.1, 0.15) is 13.3 Å². The van der Waals surface area contributed by atoms with E-state index in [-0.39, 0.29) is 11.9 Å². The average molecular weight is 126 g/mol. The molecule has 1 saturated heterocycles. The Morgan fingerprint density at radius 1 is 1.78 bits per heavy atom. The Morgan fingerprint density at radius 2 is 2.44 bits per heavy atom. The zero-order valence-electron chi connectivity index (χ0n) is 5.40. The summed E-state index contributed by atoms with van der Waals surface area (Å²) in [6.45, 7) is 5.52. The number of hydrogen-bond donors (Lipinski definition) is 2. The van der Waals surface area contributed by atoms with E-state index in [1.807, 2.05) is 6.92 Å². The molecule has 1 aliphatic rings. The van der Waals surface area contributed by atoms with Crippen LogP contribution in [0.5, 0.6) is 0 Å². The molecule has 50 valence electrons. The van der Waals surface area contributed by atoms with Crippen molar-refractivity contribution in [2.45, 2.75) is 19.4 Å². The van der Waals surface area contributed by atoms with Crippen LogP contribution in [0.15, 0.2) is 12.4 Å². The van der Waals surface area contributed by atoms with Gasteiger partial charge in [0.1, 0.15) is 0 Å². The summed E-state index contributed by atoms with van der Waals surface area (Å²) < 4.78 is 0. The van der Waals surface area contributed by atoms with Crippen molar-refractivity contribution in [1.29, 1.82) is 0 Å². The van der Waals surface area contributed by atoms with Gasteiger partial charge in [0.25, 0.3) is 0 Å². The largest absolute Gasteiger partial charge is 0.369 e. The van der Waals surface area contributed by atoms with Crippen molar-refractivity contribution in [3.63, 3.8) is 0 Å². The van der Waals surface area contributed by atoms with Crippen LogP contribution >= 0.6 is 0 Å². The van der Waals surface area contributed by atoms with Gasteiger partial charge in [0.05, 0.1) is 5.82 Å². The number of carbonyl (C=O) groups excluding carboxylic acids is 1. The second-order valence-electron chi connectivity index (χ2n) is 2.28. The first kappa shape index (κ1) is 6.13. The van der Waals surface area contributed by atoms with Crippen LogP contribution in [0.25, 0.3) is 0 Å². The number of amides is 1. The van der Waals surface area contributed by atoms with Crippen molar-refractivity contribution < 1.29 is 4.79 Å². The lowest BCUT2D eigenvalue weighted by molar-refractivity contribution is -0.121. The second kappa shape index (κ2) is 2.09. The Hall–Kier alpha value is -0.990. The zero-order chi connectivity index (χ0) is 6.85. The number of nitrogens with one attached hydrogen (secondary N) is 2. The van der Waals surface area contributed by atoms with Gasteiger partial charge < -0.3 is 10.6 Å². The molecule has 9 heavy (non-hydrogen) atoms. The molecule has 1 unspecified atom stereocenters. The fraction of sp³-hybridized carbons (Fsp3) is 0.500. The molecule has 0 aliphatic carbocycles. The average Bonchev–Trinajstić information content (AvgIpc) is 1.59. The third-order valence-corrected chi connectivity index (χ3v) is 1.20. The van der Waals surface area contributed by atoms with E-state index in [4.69, 9.17) is 0 Å². The van der Waals surface area contributed by atoms with Gasteiger partial charge in [-0.25, -0.2) is 0 Å². The van der Waals surface area contributed by atoms with Crippen LogP contribution in [-0.2, 0) is 4.79 Å². The van der Waals surface area contributed by atoms with Gasteiger partial charge in [-0.2, -0.15) is 0 Å². The van der Waals surface area contributed by atoms with E-state index in [1.165, 1.54) is 0 Å². The van der Waals surface area contributed by atoms with E-state index in [9.17, 15) is 4.79 Å². The summed E-state index contributed by atoms with van der Waals surface area (Å²) in [6.07, 6.45) is 0.541. The monoisotopic (exact) mass is 126 g/mol. The molecule has 0 aromatic carbocycles. The molecule has 3 nitrogen and oxygen atoms in total. The molecule has 1 rings (SSSR count). The van der Waals surface area contributed by atoms with Gasteiger partial charge in [-0.1, -0.05) is 6.58 Å². The smallest absolute Gasteiger partial charge is 0.227 e. The molecule has 1 aliphatic heterocycles. The third kappa shape index (κ3) is 1.45. The van der Waals surface area contributed by atoms with E-state index in [1.54, 1.807) is 0 Å². The molecule has 0 spiro atoms. The first-order valence-corrected chi connectivity index (χ1v) is 2.94. The van der Waals surface area contributed by atoms with Crippen molar-refractivity contribution in [3.05, 3.63) is 12.4 Å². The Kier molecular flexibility index (Phi) is 1.42. The highest BCUT2D eigenvalue weighted by atomic mass is 16.1. The van der Waals surface area contributed by atoms with E-state index >= 15 is 0 Å². The summed E-state index contributed by atoms with van der Waals surface area (Å²) in [5, 5.41) is 5.55. The highest BCUT2D eigenvalue weighted by Gasteiger charge is 2.15. The van der Waals surface area contributed by atoms with E-state index in [2.05, 4.69) is 17.2 Å². The summed E-state index contributed by atoms with van der Waals surface area (Å²) in [7, 11) is 0. The van der Waals surface area contributed by atoms with Crippen molar-refractivity contribution in [1.82, 2.24) is 10.6 Å². The van der Waals surface area contributed by atoms with Gasteiger partial charge in [-0.05, 0) is 6.92 Å². The molecule has 2 N–H and O–H groups in total. The van der Waals surface area contributed by atoms with Crippen LogP contribution in [-0.4, -0.2) is 11.9 Å². The zero-order valence-corrected chi connectivity index (χ0v) is 5.40. The van der Waals surface area contributed by atoms with Gasteiger partial charge in [0, 0.05) is 12.5 Å². The van der Waals surface area contributed by atoms with Crippen molar-refractivity contribution in [2.75, 3.05) is 0 Å². The minimum atomic E-state index is 0.0475. The molecule has 3 heteroatoms. The Labute approximate surface area is 54.1 Å². The number of rotatable bonds is 0. The molecule has 0 aromatic heterocycles. The lowest BCUT2D eigenvalue weighted by Gasteiger charge is -2.22. The van der Waals surface area contributed by atoms with E-state index in [0.29, 0.717) is 12.2 Å². The van der Waals surface area contributed by atoms with Crippen LogP contribution < -0.4 is 10.6 Å². The normalized spacial score (nSPS) is 27.0. The lowest BCUT2D eigenvalue weighted by atomic mass is 10.2. The maximum atomic E-state index is 10.7. The molecule has 0 aromatic rings. The van der Waals surface area contributed by atoms with Crippen LogP contribution in [0, 0.1) is 0 Å². The van der Waals surface area contributed by atoms with Crippen molar-refractivity contribution in [3.8, 4) is 0 Å². The van der Waals surface area contributed by atoms with Gasteiger partial charge in [0.2, 0.25) is 5.91 Å². The van der Waals surface area contributed by atoms with Gasteiger partial charge in [-0.3, -0.25) is 4.79 Å². The fourth-order valence-corrected chi connectivity index (χ4v) is 0.882. The highest BCUT2D eigenvalue weighted by molar-refractivity contribution is 5.79. The SMILES string of the molecule is C=C1NC(=O)CC(C)N1. The Bertz CT molecular complexity index is 137. The summed E-state index contributed by atoms with van der Waals surface area (Å²) >= 11 is 0. The molecule has 1 fully saturated rings. The van der Waals surface area contributed by atoms with E-state index in [0.717, 1.165) is 0 Å². The second-order valence-corrected chi connectivity index (χ2v) is 2.28. The van der Waals surface area contributed by atoms with Gasteiger partial charge >= 0.3 is 0 Å². The highest BCUT2D eigenvalue weighted by Crippen LogP contribution is 1.98. The first-order chi connectivity index (χ1) is 4.18. The summed E-state index contributed by atoms with van der Waals surface area (Å²) in [6, 6.07) is 0.228. The lowest BCUT2D eigenvalue weighted by Crippen LogP contribution is -2.44. The standard InChI is InChI=1S/C6H10N2O/c1-4-3-6(9)8-5(2)7-4/h4,7H,2-3H2,1H3,(H,8,9). The number of carbonyl (C=O) groups is 1. The minimum absolute atomic E-state index is 0.0475. The Balaban J connectivity index is 2.53. The quantitative estimate of drug-likeness (QED) is 0.478. The maximum absolute atomic E-state index is 10.7. The van der Waals surface area contributed by atoms with Crippen molar-refractivity contribution >= 4 is 5.91 Å². The first-order valence-electron chi connectivity index (χ1n) is 2.94. The maximum Gasteiger partial charge on any atom is 0.227 e. The minimum Gasteiger partial charge on any atom is -0.369 e. The summed E-state index contributed by atoms with van der Waals surface area (Å²) in [5.74, 6) is 0.657. The summed E-state index contributed by atoms with van der Waals surface area (Å²) in [5.41, 5.74) is 0. The van der Waals surface area contributed by atoms with E-state index < -0.39 is 0 Å². The molecule has 1 heterocycles. The predicted octanol–water partition coefficient (Wildman–Crippen LogP) is -0.0444. The molecular formula is C6H10N2O. The molecule has 1 atom stereocenters. The predicted molar refractivity (Wildman–Crippen MR) is 34.5 cm³/mol. The van der Waals surface area contributed by atoms with Crippen LogP contribution in [0.2, 0.25) is 0 Å². The molecule has 0 bridgehead atoms. The van der Waals surface area contributed by atoms with Crippen LogP contribution in [0.3, 0.4) is 0 Å². The number of hydrogen-bond acceptors (Lipinski definition) is 2.